The number of aliphatic carboxylic acids is 1. The third kappa shape index (κ3) is 4.67. The van der Waals surface area contributed by atoms with Crippen molar-refractivity contribution < 1.29 is 14.7 Å². The molecule has 0 bridgehead atoms. The summed E-state index contributed by atoms with van der Waals surface area (Å²) in [6, 6.07) is -0.728. The van der Waals surface area contributed by atoms with Crippen molar-refractivity contribution in [1.82, 2.24) is 5.32 Å². The summed E-state index contributed by atoms with van der Waals surface area (Å²) in [6.45, 7) is 3.82. The van der Waals surface area contributed by atoms with Gasteiger partial charge in [0.1, 0.15) is 6.04 Å². The molecular formula is C14H25NO3. The van der Waals surface area contributed by atoms with E-state index in [-0.39, 0.29) is 11.8 Å². The van der Waals surface area contributed by atoms with Crippen molar-refractivity contribution in [2.24, 2.45) is 11.8 Å². The molecule has 1 saturated carbocycles. The van der Waals surface area contributed by atoms with Crippen LogP contribution in [0.2, 0.25) is 0 Å². The maximum atomic E-state index is 11.9. The highest BCUT2D eigenvalue weighted by Crippen LogP contribution is 2.30. The predicted octanol–water partition coefficient (Wildman–Crippen LogP) is 2.57. The summed E-state index contributed by atoms with van der Waals surface area (Å²) in [5.74, 6) is -0.465. The zero-order valence-corrected chi connectivity index (χ0v) is 11.4. The molecule has 0 radical (unpaired) electrons. The van der Waals surface area contributed by atoms with Gasteiger partial charge >= 0.3 is 5.97 Å². The third-order valence-corrected chi connectivity index (χ3v) is 3.80. The van der Waals surface area contributed by atoms with E-state index >= 15 is 0 Å². The zero-order chi connectivity index (χ0) is 13.5. The maximum absolute atomic E-state index is 11.9. The first-order valence-electron chi connectivity index (χ1n) is 7.07. The van der Waals surface area contributed by atoms with E-state index in [1.165, 1.54) is 25.7 Å². The molecule has 1 rings (SSSR count). The molecule has 4 heteroatoms. The molecule has 0 spiro atoms. The van der Waals surface area contributed by atoms with Crippen LogP contribution in [0, 0.1) is 11.8 Å². The molecule has 2 unspecified atom stereocenters. The molecule has 0 aromatic rings. The summed E-state index contributed by atoms with van der Waals surface area (Å²) in [6.07, 6.45) is 7.12. The Bertz CT molecular complexity index is 285. The Kier molecular flexibility index (Phi) is 6.16. The van der Waals surface area contributed by atoms with E-state index in [0.717, 1.165) is 12.8 Å². The quantitative estimate of drug-likeness (QED) is 0.734. The van der Waals surface area contributed by atoms with Crippen LogP contribution in [0.4, 0.5) is 0 Å². The fourth-order valence-electron chi connectivity index (χ4n) is 2.71. The van der Waals surface area contributed by atoms with Gasteiger partial charge in [-0.2, -0.15) is 0 Å². The van der Waals surface area contributed by atoms with Gasteiger partial charge in [-0.15, -0.1) is 0 Å². The number of hydrogen-bond acceptors (Lipinski definition) is 2. The fourth-order valence-corrected chi connectivity index (χ4v) is 2.71. The first-order valence-corrected chi connectivity index (χ1v) is 7.07. The van der Waals surface area contributed by atoms with E-state index < -0.39 is 12.0 Å². The van der Waals surface area contributed by atoms with Crippen LogP contribution in [0.15, 0.2) is 0 Å². The highest BCUT2D eigenvalue weighted by atomic mass is 16.4. The van der Waals surface area contributed by atoms with Gasteiger partial charge < -0.3 is 10.4 Å². The van der Waals surface area contributed by atoms with Gasteiger partial charge in [-0.3, -0.25) is 4.79 Å². The Morgan fingerprint density at radius 3 is 2.44 bits per heavy atom. The van der Waals surface area contributed by atoms with Gasteiger partial charge in [0.05, 0.1) is 0 Å². The van der Waals surface area contributed by atoms with Crippen LogP contribution < -0.4 is 5.32 Å². The number of hydrogen-bond donors (Lipinski definition) is 2. The van der Waals surface area contributed by atoms with Crippen LogP contribution in [-0.4, -0.2) is 23.0 Å². The normalized spacial score (nSPS) is 19.4. The van der Waals surface area contributed by atoms with Gasteiger partial charge in [0.15, 0.2) is 0 Å². The van der Waals surface area contributed by atoms with Crippen molar-refractivity contribution in [2.45, 2.75) is 64.8 Å². The Balaban J connectivity index is 2.39. The average molecular weight is 255 g/mol. The van der Waals surface area contributed by atoms with Gasteiger partial charge in [0, 0.05) is 5.92 Å². The van der Waals surface area contributed by atoms with Crippen LogP contribution in [-0.2, 0) is 9.59 Å². The van der Waals surface area contributed by atoms with Crippen molar-refractivity contribution in [3.8, 4) is 0 Å². The number of carbonyl (C=O) groups is 2. The van der Waals surface area contributed by atoms with Crippen LogP contribution in [0.25, 0.3) is 0 Å². The lowest BCUT2D eigenvalue weighted by molar-refractivity contribution is -0.142. The number of carboxylic acid groups (broad SMARTS) is 1. The van der Waals surface area contributed by atoms with Crippen molar-refractivity contribution in [1.29, 1.82) is 0 Å². The first kappa shape index (κ1) is 15.0. The standard InChI is InChI=1S/C14H25NO3/c1-3-6-12(14(17)18)15-13(16)10(2)9-11-7-4-5-8-11/h10-12H,3-9H2,1-2H3,(H,15,16)(H,17,18). The van der Waals surface area contributed by atoms with Gasteiger partial charge in [-0.1, -0.05) is 46.0 Å². The van der Waals surface area contributed by atoms with Gasteiger partial charge in [-0.05, 0) is 18.8 Å². The molecule has 1 aliphatic rings. The molecule has 1 aliphatic carbocycles. The van der Waals surface area contributed by atoms with Gasteiger partial charge in [0.2, 0.25) is 5.91 Å². The van der Waals surface area contributed by atoms with Crippen LogP contribution in [0.3, 0.4) is 0 Å². The Morgan fingerprint density at radius 1 is 1.33 bits per heavy atom. The van der Waals surface area contributed by atoms with Crippen LogP contribution in [0.5, 0.6) is 0 Å². The molecule has 0 saturated heterocycles. The largest absolute Gasteiger partial charge is 0.480 e. The zero-order valence-electron chi connectivity index (χ0n) is 11.4. The lowest BCUT2D eigenvalue weighted by Crippen LogP contribution is -2.43. The number of nitrogens with one attached hydrogen (secondary N) is 1. The predicted molar refractivity (Wildman–Crippen MR) is 70.2 cm³/mol. The first-order chi connectivity index (χ1) is 8.54. The minimum atomic E-state index is -0.932. The highest BCUT2D eigenvalue weighted by Gasteiger charge is 2.25. The Hall–Kier alpha value is -1.06. The summed E-state index contributed by atoms with van der Waals surface area (Å²) in [5.41, 5.74) is 0. The monoisotopic (exact) mass is 255 g/mol. The summed E-state index contributed by atoms with van der Waals surface area (Å²) < 4.78 is 0. The Morgan fingerprint density at radius 2 is 1.94 bits per heavy atom. The molecule has 0 aromatic heterocycles. The average Bonchev–Trinajstić information content (AvgIpc) is 2.80. The second kappa shape index (κ2) is 7.39. The molecule has 1 amide bonds. The highest BCUT2D eigenvalue weighted by molar-refractivity contribution is 5.84. The van der Waals surface area contributed by atoms with Gasteiger partial charge in [-0.25, -0.2) is 4.79 Å². The molecule has 0 heterocycles. The third-order valence-electron chi connectivity index (χ3n) is 3.80. The van der Waals surface area contributed by atoms with Crippen LogP contribution in [0.1, 0.15) is 58.8 Å². The molecule has 104 valence electrons. The summed E-state index contributed by atoms with van der Waals surface area (Å²) in [4.78, 5) is 22.9. The molecule has 0 aromatic carbocycles. The molecule has 1 fully saturated rings. The lowest BCUT2D eigenvalue weighted by atomic mass is 9.93. The van der Waals surface area contributed by atoms with Gasteiger partial charge in [0.25, 0.3) is 0 Å². The van der Waals surface area contributed by atoms with E-state index in [4.69, 9.17) is 5.11 Å². The van der Waals surface area contributed by atoms with Crippen molar-refractivity contribution in [2.75, 3.05) is 0 Å². The second-order valence-electron chi connectivity index (χ2n) is 5.48. The summed E-state index contributed by atoms with van der Waals surface area (Å²) in [5, 5.41) is 11.7. The SMILES string of the molecule is CCCC(NC(=O)C(C)CC1CCCC1)C(=O)O. The maximum Gasteiger partial charge on any atom is 0.326 e. The minimum Gasteiger partial charge on any atom is -0.480 e. The smallest absolute Gasteiger partial charge is 0.326 e. The molecule has 0 aliphatic heterocycles. The number of carboxylic acids is 1. The molecule has 2 atom stereocenters. The minimum absolute atomic E-state index is 0.0770. The molecular weight excluding hydrogens is 230 g/mol. The summed E-state index contributed by atoms with van der Waals surface area (Å²) >= 11 is 0. The van der Waals surface area contributed by atoms with Crippen LogP contribution >= 0.6 is 0 Å². The van der Waals surface area contributed by atoms with Crippen molar-refractivity contribution >= 4 is 11.9 Å². The van der Waals surface area contributed by atoms with Crippen molar-refractivity contribution in [3.05, 3.63) is 0 Å². The number of rotatable bonds is 7. The van der Waals surface area contributed by atoms with E-state index in [0.29, 0.717) is 12.3 Å². The molecule has 2 N–H and O–H groups in total. The van der Waals surface area contributed by atoms with E-state index in [1.54, 1.807) is 0 Å². The number of carbonyl (C=O) groups excluding carboxylic acids is 1. The van der Waals surface area contributed by atoms with Crippen molar-refractivity contribution in [3.63, 3.8) is 0 Å². The molecule has 4 nitrogen and oxygen atoms in total. The molecule has 18 heavy (non-hydrogen) atoms. The number of amides is 1. The van der Waals surface area contributed by atoms with E-state index in [9.17, 15) is 9.59 Å². The van der Waals surface area contributed by atoms with E-state index in [2.05, 4.69) is 5.32 Å². The topological polar surface area (TPSA) is 66.4 Å². The Labute approximate surface area is 109 Å². The lowest BCUT2D eigenvalue weighted by Gasteiger charge is -2.19. The fraction of sp³-hybridized carbons (Fsp3) is 0.857. The van der Waals surface area contributed by atoms with E-state index in [1.807, 2.05) is 13.8 Å². The summed E-state index contributed by atoms with van der Waals surface area (Å²) in [7, 11) is 0. The second-order valence-corrected chi connectivity index (χ2v) is 5.48.